The molecular weight excluding hydrogens is 392 g/mol. The van der Waals surface area contributed by atoms with E-state index < -0.39 is 0 Å². The van der Waals surface area contributed by atoms with E-state index in [1.54, 1.807) is 27.2 Å². The molecule has 2 aromatic heterocycles. The summed E-state index contributed by atoms with van der Waals surface area (Å²) in [5.41, 5.74) is 3.50. The van der Waals surface area contributed by atoms with Crippen LogP contribution in [0.1, 0.15) is 6.92 Å². The number of hydrogen-bond acceptors (Lipinski definition) is 5. The summed E-state index contributed by atoms with van der Waals surface area (Å²) in [6.07, 6.45) is 3.95. The van der Waals surface area contributed by atoms with Crippen LogP contribution in [0.25, 0.3) is 16.9 Å². The van der Waals surface area contributed by atoms with Gasteiger partial charge < -0.3 is 23.7 Å². The topological polar surface area (TPSA) is 59.3 Å². The van der Waals surface area contributed by atoms with Crippen molar-refractivity contribution in [2.75, 3.05) is 45.3 Å². The molecule has 0 radical (unpaired) electrons. The van der Waals surface area contributed by atoms with Crippen LogP contribution in [-0.4, -0.2) is 60.6 Å². The van der Waals surface area contributed by atoms with Crippen molar-refractivity contribution in [1.82, 2.24) is 14.3 Å². The third kappa shape index (κ3) is 3.70. The predicted octanol–water partition coefficient (Wildman–Crippen LogP) is 3.34. The van der Waals surface area contributed by atoms with Crippen LogP contribution in [0.5, 0.6) is 11.5 Å². The number of rotatable bonds is 4. The van der Waals surface area contributed by atoms with Crippen molar-refractivity contribution >= 4 is 28.8 Å². The normalized spacial score (nSPS) is 14.3. The van der Waals surface area contributed by atoms with Gasteiger partial charge in [-0.15, -0.1) is 0 Å². The van der Waals surface area contributed by atoms with E-state index in [-0.39, 0.29) is 5.91 Å². The van der Waals surface area contributed by atoms with E-state index in [0.29, 0.717) is 16.5 Å². The van der Waals surface area contributed by atoms with E-state index in [4.69, 9.17) is 26.1 Å². The minimum Gasteiger partial charge on any atom is -0.496 e. The Labute approximate surface area is 174 Å². The van der Waals surface area contributed by atoms with E-state index in [1.165, 1.54) is 0 Å². The predicted molar refractivity (Wildman–Crippen MR) is 113 cm³/mol. The molecule has 1 aromatic carbocycles. The summed E-state index contributed by atoms with van der Waals surface area (Å²) in [4.78, 5) is 20.5. The number of piperazine rings is 1. The molecule has 3 heterocycles. The third-order valence-electron chi connectivity index (χ3n) is 5.28. The average molecular weight is 415 g/mol. The van der Waals surface area contributed by atoms with Gasteiger partial charge in [0, 0.05) is 68.9 Å². The Kier molecular flexibility index (Phi) is 5.24. The van der Waals surface area contributed by atoms with Crippen molar-refractivity contribution in [3.05, 3.63) is 41.7 Å². The van der Waals surface area contributed by atoms with E-state index in [1.807, 2.05) is 27.8 Å². The monoisotopic (exact) mass is 414 g/mol. The first kappa shape index (κ1) is 19.4. The summed E-state index contributed by atoms with van der Waals surface area (Å²) in [5, 5.41) is 0.504. The highest BCUT2D eigenvalue weighted by Gasteiger charge is 2.20. The number of benzene rings is 1. The van der Waals surface area contributed by atoms with Crippen molar-refractivity contribution in [3.8, 4) is 22.8 Å². The fourth-order valence-corrected chi connectivity index (χ4v) is 3.88. The molecule has 7 nitrogen and oxygen atoms in total. The van der Waals surface area contributed by atoms with Gasteiger partial charge >= 0.3 is 0 Å². The lowest BCUT2D eigenvalue weighted by Gasteiger charge is -2.35. The van der Waals surface area contributed by atoms with E-state index in [2.05, 4.69) is 17.0 Å². The second-order valence-corrected chi connectivity index (χ2v) is 7.36. The number of nitrogens with zero attached hydrogens (tertiary/aromatic N) is 4. The fourth-order valence-electron chi connectivity index (χ4n) is 3.64. The lowest BCUT2D eigenvalue weighted by atomic mass is 10.1. The number of imidazole rings is 1. The van der Waals surface area contributed by atoms with Gasteiger partial charge in [-0.1, -0.05) is 11.6 Å². The molecule has 152 valence electrons. The number of fused-ring (bicyclic) bond motifs is 1. The zero-order chi connectivity index (χ0) is 20.5. The summed E-state index contributed by atoms with van der Waals surface area (Å²) in [6.45, 7) is 4.72. The first-order valence-corrected chi connectivity index (χ1v) is 9.79. The Balaban J connectivity index is 1.65. The smallest absolute Gasteiger partial charge is 0.219 e. The minimum absolute atomic E-state index is 0.130. The van der Waals surface area contributed by atoms with Crippen LogP contribution >= 0.6 is 11.6 Å². The maximum atomic E-state index is 11.5. The number of methoxy groups -OCH3 is 2. The molecule has 0 unspecified atom stereocenters. The second-order valence-electron chi connectivity index (χ2n) is 6.96. The van der Waals surface area contributed by atoms with Crippen LogP contribution in [0.4, 0.5) is 5.69 Å². The maximum absolute atomic E-state index is 11.5. The van der Waals surface area contributed by atoms with E-state index >= 15 is 0 Å². The number of amides is 1. The zero-order valence-corrected chi connectivity index (χ0v) is 17.4. The molecule has 1 amide bonds. The molecule has 1 aliphatic rings. The van der Waals surface area contributed by atoms with Gasteiger partial charge in [0.25, 0.3) is 0 Å². The standard InChI is InChI=1S/C21H23ClN4O3/c1-14(27)24-6-8-25(9-7-24)15-4-5-26-13-18(23-21(26)10-15)16-11-17(22)20(29-3)12-19(16)28-2/h4-5,10-13H,6-9H2,1-3H3. The van der Waals surface area contributed by atoms with Crippen LogP contribution in [0.15, 0.2) is 36.7 Å². The van der Waals surface area contributed by atoms with Crippen LogP contribution in [-0.2, 0) is 4.79 Å². The molecule has 29 heavy (non-hydrogen) atoms. The molecule has 0 bridgehead atoms. The van der Waals surface area contributed by atoms with Crippen LogP contribution in [0.3, 0.4) is 0 Å². The molecule has 1 saturated heterocycles. The number of pyridine rings is 1. The quantitative estimate of drug-likeness (QED) is 0.655. The number of halogens is 1. The summed E-state index contributed by atoms with van der Waals surface area (Å²) in [6, 6.07) is 7.70. The van der Waals surface area contributed by atoms with Crippen molar-refractivity contribution < 1.29 is 14.3 Å². The van der Waals surface area contributed by atoms with Crippen molar-refractivity contribution in [2.24, 2.45) is 0 Å². The van der Waals surface area contributed by atoms with Crippen LogP contribution < -0.4 is 14.4 Å². The Morgan fingerprint density at radius 3 is 2.45 bits per heavy atom. The molecule has 0 saturated carbocycles. The number of anilines is 1. The Morgan fingerprint density at radius 1 is 1.07 bits per heavy atom. The van der Waals surface area contributed by atoms with Gasteiger partial charge in [0.2, 0.25) is 5.91 Å². The molecule has 0 atom stereocenters. The fraction of sp³-hybridized carbons (Fsp3) is 0.333. The molecule has 8 heteroatoms. The maximum Gasteiger partial charge on any atom is 0.219 e. The van der Waals surface area contributed by atoms with E-state index in [9.17, 15) is 4.79 Å². The largest absolute Gasteiger partial charge is 0.496 e. The second kappa shape index (κ2) is 7.83. The Bertz CT molecular complexity index is 1060. The molecule has 0 N–H and O–H groups in total. The molecule has 3 aromatic rings. The van der Waals surface area contributed by atoms with Crippen LogP contribution in [0.2, 0.25) is 5.02 Å². The number of aromatic nitrogens is 2. The first-order valence-electron chi connectivity index (χ1n) is 9.41. The average Bonchev–Trinajstić information content (AvgIpc) is 3.16. The molecule has 1 aliphatic heterocycles. The van der Waals surface area contributed by atoms with Gasteiger partial charge in [-0.25, -0.2) is 4.98 Å². The highest BCUT2D eigenvalue weighted by molar-refractivity contribution is 6.32. The molecule has 0 aliphatic carbocycles. The van der Waals surface area contributed by atoms with Crippen LogP contribution in [0, 0.1) is 0 Å². The van der Waals surface area contributed by atoms with Crippen molar-refractivity contribution in [3.63, 3.8) is 0 Å². The SMILES string of the molecule is COc1cc(OC)c(-c2cn3ccc(N4CCN(C(C)=O)CC4)cc3n2)cc1Cl. The first-order chi connectivity index (χ1) is 14.0. The highest BCUT2D eigenvalue weighted by Crippen LogP contribution is 2.38. The van der Waals surface area contributed by atoms with E-state index in [0.717, 1.165) is 48.8 Å². The summed E-state index contributed by atoms with van der Waals surface area (Å²) >= 11 is 6.32. The Hall–Kier alpha value is -2.93. The Morgan fingerprint density at radius 2 is 1.79 bits per heavy atom. The number of ether oxygens (including phenoxy) is 2. The number of hydrogen-bond donors (Lipinski definition) is 0. The summed E-state index contributed by atoms with van der Waals surface area (Å²) in [5.74, 6) is 1.34. The molecular formula is C21H23ClN4O3. The van der Waals surface area contributed by atoms with Crippen molar-refractivity contribution in [1.29, 1.82) is 0 Å². The summed E-state index contributed by atoms with van der Waals surface area (Å²) in [7, 11) is 3.18. The third-order valence-corrected chi connectivity index (χ3v) is 5.58. The van der Waals surface area contributed by atoms with Gasteiger partial charge in [-0.2, -0.15) is 0 Å². The summed E-state index contributed by atoms with van der Waals surface area (Å²) < 4.78 is 12.8. The minimum atomic E-state index is 0.130. The number of carbonyl (C=O) groups is 1. The molecule has 1 fully saturated rings. The molecule has 0 spiro atoms. The van der Waals surface area contributed by atoms with Gasteiger partial charge in [0.15, 0.2) is 0 Å². The van der Waals surface area contributed by atoms with Gasteiger partial charge in [0.1, 0.15) is 17.1 Å². The lowest BCUT2D eigenvalue weighted by molar-refractivity contribution is -0.129. The number of carbonyl (C=O) groups excluding carboxylic acids is 1. The lowest BCUT2D eigenvalue weighted by Crippen LogP contribution is -2.48. The van der Waals surface area contributed by atoms with Gasteiger partial charge in [-0.3, -0.25) is 4.79 Å². The zero-order valence-electron chi connectivity index (χ0n) is 16.7. The highest BCUT2D eigenvalue weighted by atomic mass is 35.5. The van der Waals surface area contributed by atoms with Gasteiger partial charge in [-0.05, 0) is 12.1 Å². The van der Waals surface area contributed by atoms with Gasteiger partial charge in [0.05, 0.1) is 24.9 Å². The van der Waals surface area contributed by atoms with Crippen molar-refractivity contribution in [2.45, 2.75) is 6.92 Å². The molecule has 4 rings (SSSR count).